The van der Waals surface area contributed by atoms with Gasteiger partial charge in [0.2, 0.25) is 11.9 Å². The number of nitrogens with one attached hydrogen (secondary N) is 4. The van der Waals surface area contributed by atoms with E-state index in [1.54, 1.807) is 10.7 Å². The summed E-state index contributed by atoms with van der Waals surface area (Å²) in [5, 5.41) is 16.3. The zero-order valence-electron chi connectivity index (χ0n) is 16.5. The van der Waals surface area contributed by atoms with Crippen molar-refractivity contribution >= 4 is 47.2 Å². The summed E-state index contributed by atoms with van der Waals surface area (Å²) < 4.78 is 1.59. The predicted octanol–water partition coefficient (Wildman–Crippen LogP) is 2.71. The first-order chi connectivity index (χ1) is 15.0. The molecule has 0 unspecified atom stereocenters. The number of carbonyl (C=O) groups is 2. The van der Waals surface area contributed by atoms with Crippen molar-refractivity contribution in [2.75, 3.05) is 10.6 Å². The fourth-order valence-corrected chi connectivity index (χ4v) is 3.60. The number of fused-ring (bicyclic) bond motifs is 1. The summed E-state index contributed by atoms with van der Waals surface area (Å²) in [7, 11) is 0. The van der Waals surface area contributed by atoms with E-state index in [0.29, 0.717) is 34.2 Å². The molecular weight excluding hydrogens is 420 g/mol. The summed E-state index contributed by atoms with van der Waals surface area (Å²) in [5.41, 5.74) is 2.12. The number of rotatable bonds is 6. The second kappa shape index (κ2) is 7.55. The highest BCUT2D eigenvalue weighted by Gasteiger charge is 2.26. The van der Waals surface area contributed by atoms with Crippen LogP contribution in [0.1, 0.15) is 36.9 Å². The predicted molar refractivity (Wildman–Crippen MR) is 116 cm³/mol. The molecule has 0 radical (unpaired) electrons. The molecule has 31 heavy (non-hydrogen) atoms. The van der Waals surface area contributed by atoms with E-state index >= 15 is 0 Å². The quantitative estimate of drug-likeness (QED) is 0.344. The number of hydrogen-bond donors (Lipinski definition) is 4. The molecule has 1 aromatic carbocycles. The number of halogens is 1. The van der Waals surface area contributed by atoms with E-state index in [0.717, 1.165) is 18.4 Å². The number of imide groups is 1. The molecule has 5 rings (SSSR count). The van der Waals surface area contributed by atoms with Crippen molar-refractivity contribution in [1.29, 1.82) is 0 Å². The molecule has 4 N–H and O–H groups in total. The van der Waals surface area contributed by atoms with E-state index in [1.165, 1.54) is 6.08 Å². The van der Waals surface area contributed by atoms with Gasteiger partial charge in [0.05, 0.1) is 12.2 Å². The summed E-state index contributed by atoms with van der Waals surface area (Å²) >= 11 is 6.33. The summed E-state index contributed by atoms with van der Waals surface area (Å²) in [5.74, 6) is 0.439. The summed E-state index contributed by atoms with van der Waals surface area (Å²) in [6, 6.07) is 7.22. The average Bonchev–Trinajstić information content (AvgIpc) is 3.37. The average molecular weight is 439 g/mol. The molecule has 1 saturated carbocycles. The van der Waals surface area contributed by atoms with Crippen molar-refractivity contribution in [2.24, 2.45) is 0 Å². The van der Waals surface area contributed by atoms with Crippen LogP contribution in [0.4, 0.5) is 16.7 Å². The maximum Gasteiger partial charge on any atom is 0.326 e. The lowest BCUT2D eigenvalue weighted by Gasteiger charge is -2.16. The van der Waals surface area contributed by atoms with Crippen molar-refractivity contribution in [1.82, 2.24) is 30.2 Å². The molecule has 1 aliphatic carbocycles. The third-order valence-electron chi connectivity index (χ3n) is 5.04. The number of carbonyl (C=O) groups excluding carboxylic acids is 2. The Kier molecular flexibility index (Phi) is 4.70. The molecule has 3 aromatic rings. The van der Waals surface area contributed by atoms with Crippen LogP contribution in [-0.2, 0) is 4.79 Å². The van der Waals surface area contributed by atoms with Gasteiger partial charge >= 0.3 is 6.03 Å². The van der Waals surface area contributed by atoms with Crippen molar-refractivity contribution < 1.29 is 9.59 Å². The summed E-state index contributed by atoms with van der Waals surface area (Å²) in [6.45, 7) is 1.97. The molecule has 158 valence electrons. The molecule has 1 saturated heterocycles. The molecule has 1 atom stereocenters. The number of amides is 3. The molecular formula is C20H19ClN8O2. The van der Waals surface area contributed by atoms with Crippen LogP contribution >= 0.6 is 11.6 Å². The van der Waals surface area contributed by atoms with E-state index in [-0.39, 0.29) is 11.7 Å². The Hall–Kier alpha value is -3.66. The largest absolute Gasteiger partial charge is 0.351 e. The van der Waals surface area contributed by atoms with Gasteiger partial charge in [0, 0.05) is 16.6 Å². The highest BCUT2D eigenvalue weighted by molar-refractivity contribution is 6.31. The third kappa shape index (κ3) is 3.89. The van der Waals surface area contributed by atoms with Gasteiger partial charge in [-0.3, -0.25) is 10.1 Å². The molecule has 2 fully saturated rings. The van der Waals surface area contributed by atoms with Crippen LogP contribution in [0.2, 0.25) is 5.02 Å². The number of urea groups is 1. The van der Waals surface area contributed by atoms with E-state index in [4.69, 9.17) is 11.6 Å². The minimum atomic E-state index is -0.561. The van der Waals surface area contributed by atoms with Gasteiger partial charge in [0.25, 0.3) is 5.91 Å². The first-order valence-corrected chi connectivity index (χ1v) is 10.2. The van der Waals surface area contributed by atoms with Crippen LogP contribution in [0.5, 0.6) is 0 Å². The maximum absolute atomic E-state index is 11.9. The number of benzene rings is 1. The van der Waals surface area contributed by atoms with Crippen LogP contribution < -0.4 is 21.3 Å². The molecule has 3 heterocycles. The lowest BCUT2D eigenvalue weighted by atomic mass is 10.1. The standard InChI is InChI=1S/C20H19ClN8O2/c1-10(13-4-2-3-5-14(13)21)23-18-26-16-11(8-15-17(30)27-20(31)25-15)9-22-29(16)19(28-18)24-12-6-7-12/h2-5,8-10,12H,6-7H2,1H3,(H2,23,24,26,28)(H2,25,27,30,31)/b15-8-/t10-/m1/s1. The zero-order chi connectivity index (χ0) is 21.5. The Morgan fingerprint density at radius 2 is 2.03 bits per heavy atom. The SMILES string of the molecule is C[C@@H](Nc1nc(NC2CC2)n2ncc(/C=C3\NC(=O)NC3=O)c2n1)c1ccccc1Cl. The van der Waals surface area contributed by atoms with E-state index < -0.39 is 11.9 Å². The van der Waals surface area contributed by atoms with Crippen LogP contribution in [0.3, 0.4) is 0 Å². The monoisotopic (exact) mass is 438 g/mol. The number of nitrogens with zero attached hydrogens (tertiary/aromatic N) is 4. The Labute approximate surface area is 182 Å². The van der Waals surface area contributed by atoms with Gasteiger partial charge in [-0.25, -0.2) is 4.79 Å². The Morgan fingerprint density at radius 3 is 2.74 bits per heavy atom. The van der Waals surface area contributed by atoms with Crippen molar-refractivity contribution in [3.63, 3.8) is 0 Å². The molecule has 0 bridgehead atoms. The molecule has 0 spiro atoms. The zero-order valence-corrected chi connectivity index (χ0v) is 17.3. The van der Waals surface area contributed by atoms with Gasteiger partial charge in [-0.2, -0.15) is 19.6 Å². The molecule has 1 aliphatic heterocycles. The second-order valence-corrected chi connectivity index (χ2v) is 7.89. The van der Waals surface area contributed by atoms with Crippen LogP contribution in [0.25, 0.3) is 11.7 Å². The second-order valence-electron chi connectivity index (χ2n) is 7.48. The first-order valence-electron chi connectivity index (χ1n) is 9.85. The summed E-state index contributed by atoms with van der Waals surface area (Å²) in [4.78, 5) is 32.5. The Balaban J connectivity index is 1.54. The van der Waals surface area contributed by atoms with Crippen molar-refractivity contribution in [3.05, 3.63) is 52.3 Å². The Bertz CT molecular complexity index is 1230. The first kappa shape index (κ1) is 19.3. The normalized spacial score (nSPS) is 18.2. The van der Waals surface area contributed by atoms with Crippen LogP contribution in [-0.4, -0.2) is 37.6 Å². The third-order valence-corrected chi connectivity index (χ3v) is 5.39. The van der Waals surface area contributed by atoms with Crippen LogP contribution in [0, 0.1) is 0 Å². The number of anilines is 2. The van der Waals surface area contributed by atoms with Crippen LogP contribution in [0.15, 0.2) is 36.2 Å². The van der Waals surface area contributed by atoms with E-state index in [2.05, 4.69) is 36.3 Å². The number of aromatic nitrogens is 4. The lowest BCUT2D eigenvalue weighted by Crippen LogP contribution is -2.22. The minimum Gasteiger partial charge on any atom is -0.351 e. The van der Waals surface area contributed by atoms with E-state index in [9.17, 15) is 9.59 Å². The topological polar surface area (TPSA) is 125 Å². The van der Waals surface area contributed by atoms with Crippen molar-refractivity contribution in [3.8, 4) is 0 Å². The van der Waals surface area contributed by atoms with Gasteiger partial charge in [-0.05, 0) is 37.5 Å². The van der Waals surface area contributed by atoms with Gasteiger partial charge in [0.15, 0.2) is 5.65 Å². The lowest BCUT2D eigenvalue weighted by molar-refractivity contribution is -0.115. The molecule has 2 aliphatic rings. The molecule has 3 amide bonds. The van der Waals surface area contributed by atoms with Gasteiger partial charge in [0.1, 0.15) is 5.70 Å². The summed E-state index contributed by atoms with van der Waals surface area (Å²) in [6.07, 6.45) is 5.25. The van der Waals surface area contributed by atoms with Crippen molar-refractivity contribution in [2.45, 2.75) is 31.8 Å². The van der Waals surface area contributed by atoms with Gasteiger partial charge in [-0.1, -0.05) is 29.8 Å². The molecule has 10 nitrogen and oxygen atoms in total. The van der Waals surface area contributed by atoms with E-state index in [1.807, 2.05) is 31.2 Å². The highest BCUT2D eigenvalue weighted by atomic mass is 35.5. The smallest absolute Gasteiger partial charge is 0.326 e. The molecule has 2 aromatic heterocycles. The highest BCUT2D eigenvalue weighted by Crippen LogP contribution is 2.28. The van der Waals surface area contributed by atoms with Gasteiger partial charge < -0.3 is 16.0 Å². The number of hydrogen-bond acceptors (Lipinski definition) is 7. The maximum atomic E-state index is 11.9. The Morgan fingerprint density at radius 1 is 1.23 bits per heavy atom. The minimum absolute atomic E-state index is 0.133. The fraction of sp³-hybridized carbons (Fsp3) is 0.250. The molecule has 11 heteroatoms. The van der Waals surface area contributed by atoms with Gasteiger partial charge in [-0.15, -0.1) is 0 Å². The fourth-order valence-electron chi connectivity index (χ4n) is 3.30.